The van der Waals surface area contributed by atoms with Crippen molar-refractivity contribution in [3.05, 3.63) is 47.5 Å². The Morgan fingerprint density at radius 3 is 1.68 bits per heavy atom. The van der Waals surface area contributed by atoms with Crippen LogP contribution < -0.4 is 0 Å². The van der Waals surface area contributed by atoms with Crippen LogP contribution in [0, 0.1) is 0 Å². The van der Waals surface area contributed by atoms with Crippen LogP contribution in [-0.2, 0) is 6.54 Å². The molecule has 0 saturated heterocycles. The van der Waals surface area contributed by atoms with Crippen molar-refractivity contribution in [1.29, 1.82) is 0 Å². The van der Waals surface area contributed by atoms with Crippen LogP contribution in [-0.4, -0.2) is 14.8 Å². The Balaban J connectivity index is 2.36. The highest BCUT2D eigenvalue weighted by atomic mass is 16.3. The number of fused-ring (bicyclic) bond motifs is 3. The van der Waals surface area contributed by atoms with Crippen molar-refractivity contribution in [3.63, 3.8) is 0 Å². The van der Waals surface area contributed by atoms with Crippen LogP contribution in [0.25, 0.3) is 21.8 Å². The normalized spacial score (nSPS) is 14.6. The summed E-state index contributed by atoms with van der Waals surface area (Å²) in [6, 6.07) is 12.3. The third-order valence-corrected chi connectivity index (χ3v) is 4.33. The molecule has 0 aliphatic heterocycles. The predicted molar refractivity (Wildman–Crippen MR) is 91.0 cm³/mol. The van der Waals surface area contributed by atoms with E-state index in [1.807, 2.05) is 12.1 Å². The second-order valence-electron chi connectivity index (χ2n) is 6.06. The van der Waals surface area contributed by atoms with Gasteiger partial charge >= 0.3 is 0 Å². The minimum atomic E-state index is -0.478. The first kappa shape index (κ1) is 15.1. The molecule has 3 aromatic rings. The molecule has 0 saturated carbocycles. The van der Waals surface area contributed by atoms with E-state index in [1.165, 1.54) is 11.0 Å². The molecule has 0 bridgehead atoms. The maximum absolute atomic E-state index is 9.86. The molecule has 3 rings (SSSR count). The summed E-state index contributed by atoms with van der Waals surface area (Å²) in [6.45, 7) is 6.70. The number of aryl methyl sites for hydroxylation is 1. The molecule has 0 unspecified atom stereocenters. The monoisotopic (exact) mass is 297 g/mol. The molecule has 3 nitrogen and oxygen atoms in total. The van der Waals surface area contributed by atoms with Crippen LogP contribution in [0.5, 0.6) is 0 Å². The van der Waals surface area contributed by atoms with E-state index in [0.717, 1.165) is 34.9 Å². The van der Waals surface area contributed by atoms with Crippen molar-refractivity contribution in [1.82, 2.24) is 4.57 Å². The Labute approximate surface area is 130 Å². The molecule has 0 spiro atoms. The van der Waals surface area contributed by atoms with Gasteiger partial charge in [0.05, 0.1) is 12.2 Å². The highest BCUT2D eigenvalue weighted by Crippen LogP contribution is 2.33. The Hall–Kier alpha value is -1.84. The zero-order valence-corrected chi connectivity index (χ0v) is 13.4. The number of hydrogen-bond donors (Lipinski definition) is 2. The van der Waals surface area contributed by atoms with E-state index in [1.54, 1.807) is 13.8 Å². The number of aromatic nitrogens is 1. The van der Waals surface area contributed by atoms with Crippen molar-refractivity contribution in [2.24, 2.45) is 0 Å². The van der Waals surface area contributed by atoms with Gasteiger partial charge in [-0.15, -0.1) is 0 Å². The molecule has 2 aromatic carbocycles. The molecule has 2 atom stereocenters. The molecule has 3 heteroatoms. The SMILES string of the molecule is CCCn1c2ccc([C@@H](C)O)cc2c2cc([C@@H](C)O)ccc21. The lowest BCUT2D eigenvalue weighted by Gasteiger charge is -2.07. The standard InChI is InChI=1S/C19H23NO2/c1-4-9-20-18-7-5-14(12(2)21)10-16(18)17-11-15(13(3)22)6-8-19(17)20/h5-8,10-13,21-22H,4,9H2,1-3H3/t12-,13-/m1/s1. The molecular formula is C19H23NO2. The van der Waals surface area contributed by atoms with Crippen LogP contribution in [0.2, 0.25) is 0 Å². The molecule has 1 aromatic heterocycles. The van der Waals surface area contributed by atoms with E-state index >= 15 is 0 Å². The number of nitrogens with zero attached hydrogens (tertiary/aromatic N) is 1. The van der Waals surface area contributed by atoms with Crippen molar-refractivity contribution >= 4 is 21.8 Å². The molecule has 0 amide bonds. The molecule has 22 heavy (non-hydrogen) atoms. The third kappa shape index (κ3) is 2.40. The number of benzene rings is 2. The van der Waals surface area contributed by atoms with Crippen LogP contribution >= 0.6 is 0 Å². The molecule has 0 aliphatic rings. The van der Waals surface area contributed by atoms with Gasteiger partial charge in [0.1, 0.15) is 0 Å². The predicted octanol–water partition coefficient (Wildman–Crippen LogP) is 4.31. The van der Waals surface area contributed by atoms with E-state index in [2.05, 4.69) is 35.8 Å². The van der Waals surface area contributed by atoms with Crippen LogP contribution in [0.3, 0.4) is 0 Å². The minimum absolute atomic E-state index is 0.478. The van der Waals surface area contributed by atoms with Gasteiger partial charge in [0, 0.05) is 28.4 Å². The molecule has 0 radical (unpaired) electrons. The van der Waals surface area contributed by atoms with Crippen molar-refractivity contribution in [3.8, 4) is 0 Å². The average molecular weight is 297 g/mol. The smallest absolute Gasteiger partial charge is 0.0762 e. The van der Waals surface area contributed by atoms with Gasteiger partial charge in [0.2, 0.25) is 0 Å². The van der Waals surface area contributed by atoms with E-state index in [-0.39, 0.29) is 0 Å². The largest absolute Gasteiger partial charge is 0.389 e. The first-order valence-electron chi connectivity index (χ1n) is 7.95. The summed E-state index contributed by atoms with van der Waals surface area (Å²) >= 11 is 0. The Morgan fingerprint density at radius 2 is 1.32 bits per heavy atom. The quantitative estimate of drug-likeness (QED) is 0.753. The summed E-state index contributed by atoms with van der Waals surface area (Å²) in [5.74, 6) is 0. The maximum atomic E-state index is 9.86. The lowest BCUT2D eigenvalue weighted by atomic mass is 10.0. The Bertz CT molecular complexity index is 750. The first-order chi connectivity index (χ1) is 10.5. The first-order valence-corrected chi connectivity index (χ1v) is 7.95. The van der Waals surface area contributed by atoms with Crippen molar-refractivity contribution in [2.45, 2.75) is 45.9 Å². The van der Waals surface area contributed by atoms with E-state index in [4.69, 9.17) is 0 Å². The molecule has 116 valence electrons. The fraction of sp³-hybridized carbons (Fsp3) is 0.368. The van der Waals surface area contributed by atoms with Crippen molar-refractivity contribution < 1.29 is 10.2 Å². The summed E-state index contributed by atoms with van der Waals surface area (Å²) in [6.07, 6.45) is 0.109. The number of hydrogen-bond acceptors (Lipinski definition) is 2. The molecular weight excluding hydrogens is 274 g/mol. The van der Waals surface area contributed by atoms with Gasteiger partial charge in [0.25, 0.3) is 0 Å². The summed E-state index contributed by atoms with van der Waals surface area (Å²) < 4.78 is 2.32. The zero-order valence-electron chi connectivity index (χ0n) is 13.4. The molecule has 0 fully saturated rings. The van der Waals surface area contributed by atoms with Gasteiger partial charge in [-0.25, -0.2) is 0 Å². The fourth-order valence-electron chi connectivity index (χ4n) is 3.12. The number of rotatable bonds is 4. The van der Waals surface area contributed by atoms with Crippen LogP contribution in [0.15, 0.2) is 36.4 Å². The summed E-state index contributed by atoms with van der Waals surface area (Å²) in [5.41, 5.74) is 4.21. The van der Waals surface area contributed by atoms with Crippen molar-refractivity contribution in [2.75, 3.05) is 0 Å². The summed E-state index contributed by atoms with van der Waals surface area (Å²) in [7, 11) is 0. The highest BCUT2D eigenvalue weighted by molar-refractivity contribution is 6.08. The van der Waals surface area contributed by atoms with Crippen LogP contribution in [0.1, 0.15) is 50.5 Å². The Morgan fingerprint density at radius 1 is 0.864 bits per heavy atom. The van der Waals surface area contributed by atoms with Crippen LogP contribution in [0.4, 0.5) is 0 Å². The summed E-state index contributed by atoms with van der Waals surface area (Å²) in [5, 5.41) is 22.0. The minimum Gasteiger partial charge on any atom is -0.389 e. The zero-order chi connectivity index (χ0) is 15.9. The fourth-order valence-corrected chi connectivity index (χ4v) is 3.12. The second-order valence-corrected chi connectivity index (χ2v) is 6.06. The van der Waals surface area contributed by atoms with E-state index < -0.39 is 12.2 Å². The van der Waals surface area contributed by atoms with Gasteiger partial charge in [0.15, 0.2) is 0 Å². The third-order valence-electron chi connectivity index (χ3n) is 4.33. The number of aliphatic hydroxyl groups excluding tert-OH is 2. The lowest BCUT2D eigenvalue weighted by molar-refractivity contribution is 0.199. The second kappa shape index (κ2) is 5.75. The molecule has 0 aliphatic carbocycles. The van der Waals surface area contributed by atoms with Gasteiger partial charge in [-0.1, -0.05) is 19.1 Å². The Kier molecular flexibility index (Phi) is 3.94. The van der Waals surface area contributed by atoms with E-state index in [9.17, 15) is 10.2 Å². The highest BCUT2D eigenvalue weighted by Gasteiger charge is 2.13. The van der Waals surface area contributed by atoms with Gasteiger partial charge < -0.3 is 14.8 Å². The van der Waals surface area contributed by atoms with Gasteiger partial charge in [-0.3, -0.25) is 0 Å². The average Bonchev–Trinajstić information content (AvgIpc) is 2.81. The van der Waals surface area contributed by atoms with E-state index in [0.29, 0.717) is 0 Å². The van der Waals surface area contributed by atoms with Gasteiger partial charge in [-0.2, -0.15) is 0 Å². The summed E-state index contributed by atoms with van der Waals surface area (Å²) in [4.78, 5) is 0. The van der Waals surface area contributed by atoms with Gasteiger partial charge in [-0.05, 0) is 55.7 Å². The maximum Gasteiger partial charge on any atom is 0.0762 e. The topological polar surface area (TPSA) is 45.4 Å². The molecule has 2 N–H and O–H groups in total. The number of aliphatic hydroxyl groups is 2. The molecule has 1 heterocycles. The lowest BCUT2D eigenvalue weighted by Crippen LogP contribution is -1.97.